The number of nitrogens with one attached hydrogen (secondary N) is 2. The monoisotopic (exact) mass is 415 g/mol. The van der Waals surface area contributed by atoms with Crippen LogP contribution in [0.4, 0.5) is 5.69 Å². The van der Waals surface area contributed by atoms with E-state index < -0.39 is 5.91 Å². The summed E-state index contributed by atoms with van der Waals surface area (Å²) in [5.41, 5.74) is 7.52. The van der Waals surface area contributed by atoms with Gasteiger partial charge in [-0.2, -0.15) is 0 Å². The molecule has 0 fully saturated rings. The third-order valence-corrected chi connectivity index (χ3v) is 5.34. The highest BCUT2D eigenvalue weighted by Crippen LogP contribution is 2.25. The highest BCUT2D eigenvalue weighted by atomic mass is 16.5. The Morgan fingerprint density at radius 3 is 2.26 bits per heavy atom. The van der Waals surface area contributed by atoms with Crippen LogP contribution >= 0.6 is 0 Å². The summed E-state index contributed by atoms with van der Waals surface area (Å²) in [5.74, 6) is -0.439. The summed E-state index contributed by atoms with van der Waals surface area (Å²) in [6.45, 7) is 0.626. The lowest BCUT2D eigenvalue weighted by Gasteiger charge is -2.11. The Balaban J connectivity index is 1.63. The van der Waals surface area contributed by atoms with E-state index in [1.807, 2.05) is 42.5 Å². The number of pyridine rings is 1. The minimum atomic E-state index is -0.439. The molecule has 31 heavy (non-hydrogen) atoms. The van der Waals surface area contributed by atoms with Crippen LogP contribution in [0.25, 0.3) is 34.5 Å². The van der Waals surface area contributed by atoms with Crippen LogP contribution in [0.15, 0.2) is 54.6 Å². The van der Waals surface area contributed by atoms with Crippen LogP contribution in [0.5, 0.6) is 0 Å². The van der Waals surface area contributed by atoms with Crippen molar-refractivity contribution in [3.8, 4) is 22.4 Å². The number of nitrogens with zero attached hydrogens (tertiary/aromatic N) is 1. The van der Waals surface area contributed by atoms with Gasteiger partial charge in [0.05, 0.1) is 24.1 Å². The molecule has 4 rings (SSSR count). The Morgan fingerprint density at radius 2 is 1.58 bits per heavy atom. The first kappa shape index (κ1) is 20.8. The zero-order valence-corrected chi connectivity index (χ0v) is 17.1. The Labute approximate surface area is 180 Å². The first-order valence-corrected chi connectivity index (χ1v) is 10.4. The molecule has 0 aliphatic heterocycles. The van der Waals surface area contributed by atoms with Crippen molar-refractivity contribution >= 4 is 23.7 Å². The number of anilines is 1. The fraction of sp³-hybridized carbons (Fsp3) is 0.200. The lowest BCUT2D eigenvalue weighted by molar-refractivity contribution is -0.128. The summed E-state index contributed by atoms with van der Waals surface area (Å²) in [4.78, 5) is 16.6. The fourth-order valence-electron chi connectivity index (χ4n) is 3.79. The van der Waals surface area contributed by atoms with Gasteiger partial charge in [0.2, 0.25) is 5.91 Å². The van der Waals surface area contributed by atoms with E-state index in [2.05, 4.69) is 29.6 Å². The first-order chi connectivity index (χ1) is 15.2. The Bertz CT molecular complexity index is 1190. The molecule has 4 N–H and O–H groups in total. The number of amides is 1. The van der Waals surface area contributed by atoms with Crippen LogP contribution in [-0.2, 0) is 11.2 Å². The molecular weight excluding hydrogens is 390 g/mol. The van der Waals surface area contributed by atoms with Gasteiger partial charge in [-0.15, -0.1) is 0 Å². The molecule has 6 heteroatoms. The number of benzene rings is 2. The van der Waals surface area contributed by atoms with Gasteiger partial charge in [-0.3, -0.25) is 10.0 Å². The molecule has 0 spiro atoms. The van der Waals surface area contributed by atoms with Crippen molar-refractivity contribution in [1.29, 1.82) is 0 Å². The van der Waals surface area contributed by atoms with Gasteiger partial charge < -0.3 is 10.4 Å². The second kappa shape index (κ2) is 9.55. The van der Waals surface area contributed by atoms with E-state index >= 15 is 0 Å². The van der Waals surface area contributed by atoms with Crippen molar-refractivity contribution in [3.63, 3.8) is 0 Å². The highest BCUT2D eigenvalue weighted by molar-refractivity contribution is 5.78. The van der Waals surface area contributed by atoms with Crippen molar-refractivity contribution < 1.29 is 15.1 Å². The van der Waals surface area contributed by atoms with Gasteiger partial charge in [0.15, 0.2) is 0 Å². The second-order valence-corrected chi connectivity index (χ2v) is 7.47. The summed E-state index contributed by atoms with van der Waals surface area (Å²) in [7, 11) is 0. The third kappa shape index (κ3) is 4.82. The number of rotatable bonds is 7. The van der Waals surface area contributed by atoms with Gasteiger partial charge in [-0.1, -0.05) is 48.6 Å². The maximum atomic E-state index is 11.8. The van der Waals surface area contributed by atoms with E-state index in [1.165, 1.54) is 0 Å². The van der Waals surface area contributed by atoms with E-state index in [9.17, 15) is 4.79 Å². The molecule has 0 saturated carbocycles. The van der Waals surface area contributed by atoms with Crippen LogP contribution in [-0.4, -0.2) is 34.4 Å². The van der Waals surface area contributed by atoms with Crippen molar-refractivity contribution in [2.24, 2.45) is 0 Å². The fourth-order valence-corrected chi connectivity index (χ4v) is 3.79. The number of aromatic nitrogens is 1. The summed E-state index contributed by atoms with van der Waals surface area (Å²) in [6, 6.07) is 18.2. The molecule has 0 radical (unpaired) electrons. The number of hydrogen-bond acceptors (Lipinski definition) is 5. The predicted octanol–water partition coefficient (Wildman–Crippen LogP) is 2.22. The van der Waals surface area contributed by atoms with Crippen LogP contribution in [0.2, 0.25) is 0 Å². The highest BCUT2D eigenvalue weighted by Gasteiger charge is 2.11. The molecule has 6 nitrogen and oxygen atoms in total. The Hall–Kier alpha value is -3.48. The molecule has 2 aromatic carbocycles. The number of carbonyl (C=O) groups excluding carboxylic acids is 1. The van der Waals surface area contributed by atoms with Crippen LogP contribution in [0, 0.1) is 0 Å². The van der Waals surface area contributed by atoms with Gasteiger partial charge in [0.1, 0.15) is 0 Å². The summed E-state index contributed by atoms with van der Waals surface area (Å²) < 4.78 is 0. The van der Waals surface area contributed by atoms with Gasteiger partial charge in [-0.25, -0.2) is 10.5 Å². The van der Waals surface area contributed by atoms with E-state index in [-0.39, 0.29) is 13.0 Å². The molecule has 1 aliphatic rings. The number of hydrogen-bond donors (Lipinski definition) is 4. The smallest absolute Gasteiger partial charge is 0.247 e. The molecular formula is C25H25N3O3. The molecule has 0 bridgehead atoms. The maximum Gasteiger partial charge on any atom is 0.247 e. The van der Waals surface area contributed by atoms with Crippen molar-refractivity contribution in [2.45, 2.75) is 19.3 Å². The molecule has 0 atom stereocenters. The summed E-state index contributed by atoms with van der Waals surface area (Å²) in [6.07, 6.45) is 6.16. The lowest BCUT2D eigenvalue weighted by atomic mass is 9.99. The van der Waals surface area contributed by atoms with E-state index in [4.69, 9.17) is 15.3 Å². The molecule has 0 saturated heterocycles. The largest absolute Gasteiger partial charge is 0.395 e. The number of aliphatic hydroxyl groups is 1. The minimum absolute atomic E-state index is 0.0993. The first-order valence-electron chi connectivity index (χ1n) is 10.4. The van der Waals surface area contributed by atoms with E-state index in [0.717, 1.165) is 57.0 Å². The average Bonchev–Trinajstić information content (AvgIpc) is 2.83. The number of aliphatic hydroxyl groups excluding tert-OH is 1. The molecule has 1 heterocycles. The predicted molar refractivity (Wildman–Crippen MR) is 122 cm³/mol. The number of carbonyl (C=O) groups is 1. The standard InChI is InChI=1S/C25H25N3O3/c29-14-13-26-21-11-9-18(10-12-21)17-5-7-19(8-6-17)24-15-20(16-25(30)28-31)22-3-1-2-4-23(22)27-24/h3-12,15,26,29,31H,1-2,13-14,16H2,(H,28,30). The van der Waals surface area contributed by atoms with Gasteiger partial charge in [0, 0.05) is 17.8 Å². The molecule has 1 aliphatic carbocycles. The van der Waals surface area contributed by atoms with Crippen LogP contribution < -0.4 is 21.4 Å². The topological polar surface area (TPSA) is 94.5 Å². The molecule has 1 amide bonds. The second-order valence-electron chi connectivity index (χ2n) is 7.47. The Morgan fingerprint density at radius 1 is 0.935 bits per heavy atom. The Kier molecular flexibility index (Phi) is 6.40. The van der Waals surface area contributed by atoms with Crippen LogP contribution in [0.3, 0.4) is 0 Å². The van der Waals surface area contributed by atoms with Gasteiger partial charge in [-0.05, 0) is 52.9 Å². The molecule has 3 aromatic rings. The SMILES string of the molecule is O=C(Cc1cc(-c2ccc(-c3ccc(NCCO)cc3)cc2)nc2c1=CCCC=2)NO. The zero-order valence-electron chi connectivity index (χ0n) is 17.1. The van der Waals surface area contributed by atoms with E-state index in [0.29, 0.717) is 6.54 Å². The average molecular weight is 415 g/mol. The summed E-state index contributed by atoms with van der Waals surface area (Å²) >= 11 is 0. The van der Waals surface area contributed by atoms with Gasteiger partial charge >= 0.3 is 0 Å². The van der Waals surface area contributed by atoms with Gasteiger partial charge in [0.25, 0.3) is 0 Å². The summed E-state index contributed by atoms with van der Waals surface area (Å²) in [5, 5.41) is 22.9. The minimum Gasteiger partial charge on any atom is -0.395 e. The molecule has 0 unspecified atom stereocenters. The van der Waals surface area contributed by atoms with Crippen molar-refractivity contribution in [3.05, 3.63) is 70.7 Å². The number of hydroxylamine groups is 1. The lowest BCUT2D eigenvalue weighted by Crippen LogP contribution is -2.36. The maximum absolute atomic E-state index is 11.8. The zero-order chi connectivity index (χ0) is 21.6. The molecule has 1 aromatic heterocycles. The normalized spacial score (nSPS) is 12.3. The van der Waals surface area contributed by atoms with Crippen LogP contribution in [0.1, 0.15) is 18.4 Å². The number of fused-ring (bicyclic) bond motifs is 1. The molecule has 158 valence electrons. The van der Waals surface area contributed by atoms with E-state index in [1.54, 1.807) is 5.48 Å². The quantitative estimate of drug-likeness (QED) is 0.351. The third-order valence-electron chi connectivity index (χ3n) is 5.34. The van der Waals surface area contributed by atoms with Crippen molar-refractivity contribution in [2.75, 3.05) is 18.5 Å². The van der Waals surface area contributed by atoms with Crippen molar-refractivity contribution in [1.82, 2.24) is 10.5 Å².